The van der Waals surface area contributed by atoms with Gasteiger partial charge in [-0.25, -0.2) is 0 Å². The summed E-state index contributed by atoms with van der Waals surface area (Å²) in [6.07, 6.45) is 2.61. The fraction of sp³-hybridized carbons (Fsp3) is 0.400. The molecule has 0 amide bonds. The third-order valence-corrected chi connectivity index (χ3v) is 6.83. The van der Waals surface area contributed by atoms with Gasteiger partial charge in [0.1, 0.15) is 6.04 Å². The van der Waals surface area contributed by atoms with Gasteiger partial charge in [-0.1, -0.05) is 30.7 Å². The molecular weight excluding hydrogens is 410 g/mol. The van der Waals surface area contributed by atoms with Crippen LogP contribution in [0.4, 0.5) is 0 Å². The molecular formula is C25H29NO4S. The van der Waals surface area contributed by atoms with Crippen molar-refractivity contribution < 1.29 is 19.4 Å². The van der Waals surface area contributed by atoms with Crippen LogP contribution in [-0.4, -0.2) is 41.8 Å². The highest BCUT2D eigenvalue weighted by atomic mass is 32.1. The number of aliphatic carboxylic acids is 1. The number of likely N-dealkylation sites (tertiary alicyclic amines) is 1. The number of fused-ring (bicyclic) bond motifs is 1. The van der Waals surface area contributed by atoms with Crippen LogP contribution in [0.15, 0.2) is 47.8 Å². The van der Waals surface area contributed by atoms with E-state index in [1.54, 1.807) is 11.3 Å². The first kappa shape index (κ1) is 21.7. The molecule has 1 saturated heterocycles. The lowest BCUT2D eigenvalue weighted by Crippen LogP contribution is -2.46. The summed E-state index contributed by atoms with van der Waals surface area (Å²) >= 11 is 1.71. The predicted octanol–water partition coefficient (Wildman–Crippen LogP) is 5.73. The van der Waals surface area contributed by atoms with Crippen LogP contribution in [0.25, 0.3) is 10.1 Å². The van der Waals surface area contributed by atoms with E-state index in [9.17, 15) is 9.90 Å². The van der Waals surface area contributed by atoms with Crippen molar-refractivity contribution in [2.24, 2.45) is 0 Å². The zero-order valence-electron chi connectivity index (χ0n) is 18.0. The number of hydrogen-bond donors (Lipinski definition) is 1. The van der Waals surface area contributed by atoms with Crippen LogP contribution < -0.4 is 9.47 Å². The lowest BCUT2D eigenvalue weighted by Gasteiger charge is -2.39. The Labute approximate surface area is 187 Å². The van der Waals surface area contributed by atoms with Crippen molar-refractivity contribution >= 4 is 27.4 Å². The number of carboxylic acid groups (broad SMARTS) is 1. The van der Waals surface area contributed by atoms with Gasteiger partial charge in [-0.15, -0.1) is 11.3 Å². The number of hydrogen-bond acceptors (Lipinski definition) is 5. The fourth-order valence-corrected chi connectivity index (χ4v) is 5.51. The average Bonchev–Trinajstić information content (AvgIpc) is 3.20. The van der Waals surface area contributed by atoms with Gasteiger partial charge in [-0.3, -0.25) is 9.69 Å². The largest absolute Gasteiger partial charge is 0.490 e. The molecule has 31 heavy (non-hydrogen) atoms. The first-order valence-electron chi connectivity index (χ1n) is 11.0. The maximum absolute atomic E-state index is 12.2. The average molecular weight is 440 g/mol. The summed E-state index contributed by atoms with van der Waals surface area (Å²) < 4.78 is 12.9. The van der Waals surface area contributed by atoms with Crippen LogP contribution in [0.2, 0.25) is 0 Å². The second-order valence-corrected chi connectivity index (χ2v) is 8.66. The van der Waals surface area contributed by atoms with Gasteiger partial charge in [0.2, 0.25) is 0 Å². The Bertz CT molecular complexity index is 1050. The first-order valence-corrected chi connectivity index (χ1v) is 11.9. The molecule has 0 spiro atoms. The van der Waals surface area contributed by atoms with Gasteiger partial charge < -0.3 is 14.6 Å². The summed E-state index contributed by atoms with van der Waals surface area (Å²) in [5, 5.41) is 13.3. The molecule has 5 nitrogen and oxygen atoms in total. The molecule has 1 N–H and O–H groups in total. The van der Waals surface area contributed by atoms with Crippen molar-refractivity contribution in [3.63, 3.8) is 0 Å². The molecule has 0 radical (unpaired) electrons. The predicted molar refractivity (Wildman–Crippen MR) is 124 cm³/mol. The van der Waals surface area contributed by atoms with E-state index in [1.807, 2.05) is 38.1 Å². The summed E-state index contributed by atoms with van der Waals surface area (Å²) in [6.45, 7) is 5.76. The Morgan fingerprint density at radius 2 is 1.90 bits per heavy atom. The topological polar surface area (TPSA) is 59.0 Å². The summed E-state index contributed by atoms with van der Waals surface area (Å²) in [5.74, 6) is 0.672. The summed E-state index contributed by atoms with van der Waals surface area (Å²) in [7, 11) is 0. The molecule has 1 fully saturated rings. The van der Waals surface area contributed by atoms with Crippen molar-refractivity contribution in [2.75, 3.05) is 19.8 Å². The van der Waals surface area contributed by atoms with Crippen LogP contribution in [0.5, 0.6) is 11.5 Å². The molecule has 2 aromatic carbocycles. The number of thiophene rings is 1. The van der Waals surface area contributed by atoms with Crippen molar-refractivity contribution in [1.29, 1.82) is 0 Å². The number of carboxylic acids is 1. The zero-order chi connectivity index (χ0) is 21.8. The lowest BCUT2D eigenvalue weighted by molar-refractivity contribution is -0.145. The smallest absolute Gasteiger partial charge is 0.320 e. The molecule has 1 aliphatic heterocycles. The monoisotopic (exact) mass is 439 g/mol. The highest BCUT2D eigenvalue weighted by Crippen LogP contribution is 2.42. The minimum absolute atomic E-state index is 0.160. The number of nitrogens with zero attached hydrogens (tertiary/aromatic N) is 1. The third-order valence-electron chi connectivity index (χ3n) is 5.85. The van der Waals surface area contributed by atoms with Crippen LogP contribution in [0, 0.1) is 0 Å². The van der Waals surface area contributed by atoms with Crippen LogP contribution in [-0.2, 0) is 4.79 Å². The highest BCUT2D eigenvalue weighted by molar-refractivity contribution is 7.17. The minimum atomic E-state index is -0.750. The van der Waals surface area contributed by atoms with E-state index in [-0.39, 0.29) is 6.04 Å². The van der Waals surface area contributed by atoms with Gasteiger partial charge in [0.15, 0.2) is 11.5 Å². The van der Waals surface area contributed by atoms with Crippen LogP contribution >= 0.6 is 11.3 Å². The Morgan fingerprint density at radius 1 is 1.13 bits per heavy atom. The summed E-state index contributed by atoms with van der Waals surface area (Å²) in [5.41, 5.74) is 2.18. The molecule has 164 valence electrons. The normalized spacial score (nSPS) is 18.1. The summed E-state index contributed by atoms with van der Waals surface area (Å²) in [4.78, 5) is 14.3. The van der Waals surface area contributed by atoms with Gasteiger partial charge in [0.05, 0.1) is 19.3 Å². The lowest BCUT2D eigenvalue weighted by atomic mass is 9.91. The minimum Gasteiger partial charge on any atom is -0.490 e. The van der Waals surface area contributed by atoms with Gasteiger partial charge in [-0.05, 0) is 73.3 Å². The molecule has 2 atom stereocenters. The van der Waals surface area contributed by atoms with Crippen molar-refractivity contribution in [3.05, 3.63) is 59.0 Å². The number of rotatable bonds is 8. The standard InChI is InChI=1S/C25H29NO4S/c1-3-29-21-13-12-17(15-22(21)30-4-2)24(26-14-8-7-10-20(26)25(27)28)19-16-31-23-11-6-5-9-18(19)23/h5-6,9,11-13,15-16,20,24H,3-4,7-8,10,14H2,1-2H3,(H,27,28). The van der Waals surface area contributed by atoms with Gasteiger partial charge in [-0.2, -0.15) is 0 Å². The number of benzene rings is 2. The molecule has 2 heterocycles. The summed E-state index contributed by atoms with van der Waals surface area (Å²) in [6, 6.07) is 13.7. The van der Waals surface area contributed by atoms with Gasteiger partial charge in [0.25, 0.3) is 0 Å². The van der Waals surface area contributed by atoms with Crippen molar-refractivity contribution in [3.8, 4) is 11.5 Å². The van der Waals surface area contributed by atoms with E-state index in [0.29, 0.717) is 25.4 Å². The number of ether oxygens (including phenoxy) is 2. The van der Waals surface area contributed by atoms with E-state index in [4.69, 9.17) is 9.47 Å². The van der Waals surface area contributed by atoms with E-state index in [2.05, 4.69) is 28.5 Å². The van der Waals surface area contributed by atoms with E-state index in [0.717, 1.165) is 36.3 Å². The Morgan fingerprint density at radius 3 is 2.68 bits per heavy atom. The van der Waals surface area contributed by atoms with E-state index in [1.165, 1.54) is 10.1 Å². The number of piperidine rings is 1. The SMILES string of the molecule is CCOc1ccc(C(c2csc3ccccc23)N2CCCCC2C(=O)O)cc1OCC. The van der Waals surface area contributed by atoms with Gasteiger partial charge >= 0.3 is 5.97 Å². The molecule has 1 aliphatic rings. The third kappa shape index (κ3) is 4.41. The van der Waals surface area contributed by atoms with E-state index >= 15 is 0 Å². The molecule has 6 heteroatoms. The second-order valence-electron chi connectivity index (χ2n) is 7.75. The quantitative estimate of drug-likeness (QED) is 0.486. The van der Waals surface area contributed by atoms with Crippen LogP contribution in [0.3, 0.4) is 0 Å². The molecule has 1 aromatic heterocycles. The molecule has 2 unspecified atom stereocenters. The van der Waals surface area contributed by atoms with E-state index < -0.39 is 12.0 Å². The Balaban J connectivity index is 1.86. The molecule has 0 saturated carbocycles. The number of carbonyl (C=O) groups is 1. The first-order chi connectivity index (χ1) is 15.1. The fourth-order valence-electron chi connectivity index (χ4n) is 4.53. The van der Waals surface area contributed by atoms with Crippen LogP contribution in [0.1, 0.15) is 50.3 Å². The molecule has 3 aromatic rings. The molecule has 4 rings (SSSR count). The Hall–Kier alpha value is -2.57. The van der Waals surface area contributed by atoms with Gasteiger partial charge in [0, 0.05) is 4.70 Å². The van der Waals surface area contributed by atoms with Crippen molar-refractivity contribution in [2.45, 2.75) is 45.2 Å². The molecule has 0 bridgehead atoms. The highest BCUT2D eigenvalue weighted by Gasteiger charge is 2.36. The Kier molecular flexibility index (Phi) is 6.78. The molecule has 0 aliphatic carbocycles. The maximum atomic E-state index is 12.2. The second kappa shape index (κ2) is 9.71. The zero-order valence-corrected chi connectivity index (χ0v) is 18.9. The maximum Gasteiger partial charge on any atom is 0.320 e. The van der Waals surface area contributed by atoms with Crippen molar-refractivity contribution in [1.82, 2.24) is 4.90 Å².